The molecule has 3 heterocycles. The summed E-state index contributed by atoms with van der Waals surface area (Å²) in [7, 11) is 1.02. The number of anilines is 1. The summed E-state index contributed by atoms with van der Waals surface area (Å²) in [5.74, 6) is 1.12. The monoisotopic (exact) mass is 334 g/mol. The van der Waals surface area contributed by atoms with E-state index in [-0.39, 0.29) is 0 Å². The molecule has 1 saturated heterocycles. The number of aryl methyl sites for hydroxylation is 2. The average Bonchev–Trinajstić information content (AvgIpc) is 2.67. The number of hydrogen-bond acceptors (Lipinski definition) is 4. The Bertz CT molecular complexity index is 734. The lowest BCUT2D eigenvalue weighted by molar-refractivity contribution is 0.365. The SMILES string of the molecule is C=C(c1ccc(BC)cn1)N1CCN(c2ncc(CC)cc2C)CC1. The van der Waals surface area contributed by atoms with Gasteiger partial charge < -0.3 is 9.80 Å². The second-order valence-corrected chi connectivity index (χ2v) is 6.66. The van der Waals surface area contributed by atoms with Gasteiger partial charge in [-0.1, -0.05) is 37.9 Å². The van der Waals surface area contributed by atoms with Crippen LogP contribution in [0.5, 0.6) is 0 Å². The van der Waals surface area contributed by atoms with Gasteiger partial charge in [-0.3, -0.25) is 4.98 Å². The van der Waals surface area contributed by atoms with E-state index < -0.39 is 0 Å². The van der Waals surface area contributed by atoms with Crippen molar-refractivity contribution in [2.75, 3.05) is 31.1 Å². The topological polar surface area (TPSA) is 32.3 Å². The molecule has 3 rings (SSSR count). The third-order valence-corrected chi connectivity index (χ3v) is 5.01. The van der Waals surface area contributed by atoms with Crippen LogP contribution in [0.1, 0.15) is 23.7 Å². The Morgan fingerprint density at radius 2 is 1.92 bits per heavy atom. The third-order valence-electron chi connectivity index (χ3n) is 5.01. The van der Waals surface area contributed by atoms with Crippen LogP contribution in [0.15, 0.2) is 37.2 Å². The normalized spacial score (nSPS) is 14.5. The van der Waals surface area contributed by atoms with Crippen molar-refractivity contribution in [3.05, 3.63) is 54.0 Å². The lowest BCUT2D eigenvalue weighted by atomic mass is 9.74. The van der Waals surface area contributed by atoms with Gasteiger partial charge in [0.05, 0.1) is 11.4 Å². The summed E-state index contributed by atoms with van der Waals surface area (Å²) in [5, 5.41) is 0. The van der Waals surface area contributed by atoms with Crippen LogP contribution >= 0.6 is 0 Å². The van der Waals surface area contributed by atoms with Crippen molar-refractivity contribution in [2.24, 2.45) is 0 Å². The maximum absolute atomic E-state index is 4.69. The summed E-state index contributed by atoms with van der Waals surface area (Å²) in [5.41, 5.74) is 5.83. The molecule has 0 radical (unpaired) electrons. The van der Waals surface area contributed by atoms with Crippen molar-refractivity contribution in [1.82, 2.24) is 14.9 Å². The molecular formula is C20H27BN4. The lowest BCUT2D eigenvalue weighted by Crippen LogP contribution is -2.46. The second kappa shape index (κ2) is 7.73. The lowest BCUT2D eigenvalue weighted by Gasteiger charge is -2.38. The quantitative estimate of drug-likeness (QED) is 0.785. The van der Waals surface area contributed by atoms with Crippen molar-refractivity contribution in [2.45, 2.75) is 27.1 Å². The van der Waals surface area contributed by atoms with Crippen LogP contribution in [0.4, 0.5) is 5.82 Å². The molecular weight excluding hydrogens is 307 g/mol. The van der Waals surface area contributed by atoms with Crippen molar-refractivity contribution < 1.29 is 0 Å². The molecule has 0 amide bonds. The summed E-state index contributed by atoms with van der Waals surface area (Å²) >= 11 is 0. The van der Waals surface area contributed by atoms with Crippen molar-refractivity contribution in [3.63, 3.8) is 0 Å². The van der Waals surface area contributed by atoms with Crippen LogP contribution in [0.2, 0.25) is 6.82 Å². The summed E-state index contributed by atoms with van der Waals surface area (Å²) < 4.78 is 0. The molecule has 0 unspecified atom stereocenters. The van der Waals surface area contributed by atoms with Crippen molar-refractivity contribution in [3.8, 4) is 0 Å². The zero-order valence-corrected chi connectivity index (χ0v) is 15.6. The number of pyridine rings is 2. The number of nitrogens with zero attached hydrogens (tertiary/aromatic N) is 4. The zero-order valence-electron chi connectivity index (χ0n) is 15.6. The fourth-order valence-electron chi connectivity index (χ4n) is 3.30. The Kier molecular flexibility index (Phi) is 5.42. The average molecular weight is 334 g/mol. The maximum Gasteiger partial charge on any atom is 0.156 e. The van der Waals surface area contributed by atoms with Gasteiger partial charge in [0.15, 0.2) is 7.28 Å². The van der Waals surface area contributed by atoms with E-state index in [1.54, 1.807) is 0 Å². The smallest absolute Gasteiger partial charge is 0.156 e. The Morgan fingerprint density at radius 1 is 1.16 bits per heavy atom. The highest BCUT2D eigenvalue weighted by Crippen LogP contribution is 2.22. The molecule has 5 heteroatoms. The highest BCUT2D eigenvalue weighted by atomic mass is 15.3. The first-order valence-electron chi connectivity index (χ1n) is 9.22. The predicted molar refractivity (Wildman–Crippen MR) is 108 cm³/mol. The summed E-state index contributed by atoms with van der Waals surface area (Å²) in [4.78, 5) is 14.0. The molecule has 0 bridgehead atoms. The van der Waals surface area contributed by atoms with Crippen molar-refractivity contribution in [1.29, 1.82) is 0 Å². The molecule has 0 N–H and O–H groups in total. The van der Waals surface area contributed by atoms with Gasteiger partial charge in [0.1, 0.15) is 5.82 Å². The molecule has 25 heavy (non-hydrogen) atoms. The van der Waals surface area contributed by atoms with Crippen LogP contribution in [0, 0.1) is 6.92 Å². The first-order chi connectivity index (χ1) is 12.1. The number of rotatable bonds is 5. The minimum Gasteiger partial charge on any atom is -0.367 e. The molecule has 0 aliphatic carbocycles. The molecule has 0 atom stereocenters. The minimum atomic E-state index is 0.951. The Morgan fingerprint density at radius 3 is 2.48 bits per heavy atom. The van der Waals surface area contributed by atoms with E-state index in [1.807, 2.05) is 12.4 Å². The summed E-state index contributed by atoms with van der Waals surface area (Å²) in [6, 6.07) is 6.49. The molecule has 0 saturated carbocycles. The summed E-state index contributed by atoms with van der Waals surface area (Å²) in [6.45, 7) is 14.6. The van der Waals surface area contributed by atoms with Gasteiger partial charge in [-0.05, 0) is 30.5 Å². The first-order valence-corrected chi connectivity index (χ1v) is 9.22. The molecule has 1 aliphatic rings. The molecule has 130 valence electrons. The zero-order chi connectivity index (χ0) is 17.8. The number of piperazine rings is 1. The Balaban J connectivity index is 1.64. The van der Waals surface area contributed by atoms with Crippen LogP contribution in [0.25, 0.3) is 5.70 Å². The fourth-order valence-corrected chi connectivity index (χ4v) is 3.30. The van der Waals surface area contributed by atoms with Crippen LogP contribution < -0.4 is 10.4 Å². The van der Waals surface area contributed by atoms with Crippen molar-refractivity contribution >= 4 is 24.3 Å². The first kappa shape index (κ1) is 17.5. The molecule has 4 nitrogen and oxygen atoms in total. The fraction of sp³-hybridized carbons (Fsp3) is 0.400. The molecule has 0 spiro atoms. The van der Waals surface area contributed by atoms with Gasteiger partial charge in [-0.25, -0.2) is 4.98 Å². The Labute approximate surface area is 151 Å². The van der Waals surface area contributed by atoms with Gasteiger partial charge in [0, 0.05) is 38.6 Å². The second-order valence-electron chi connectivity index (χ2n) is 6.66. The standard InChI is InChI=1S/C20H27BN4/c1-5-17-12-15(2)20(23-13-17)25-10-8-24(9-11-25)16(3)19-7-6-18(21-4)14-22-19/h6-7,12-14,21H,3,5,8-11H2,1-2,4H3. The van der Waals surface area contributed by atoms with Gasteiger partial charge in [0.25, 0.3) is 0 Å². The van der Waals surface area contributed by atoms with E-state index in [2.05, 4.69) is 60.2 Å². The van der Waals surface area contributed by atoms with Crippen LogP contribution in [0.3, 0.4) is 0 Å². The number of aromatic nitrogens is 2. The van der Waals surface area contributed by atoms with E-state index in [9.17, 15) is 0 Å². The van der Waals surface area contributed by atoms with E-state index >= 15 is 0 Å². The van der Waals surface area contributed by atoms with E-state index in [4.69, 9.17) is 4.98 Å². The molecule has 1 fully saturated rings. The van der Waals surface area contributed by atoms with E-state index in [1.165, 1.54) is 16.6 Å². The van der Waals surface area contributed by atoms with Crippen LogP contribution in [-0.4, -0.2) is 48.3 Å². The van der Waals surface area contributed by atoms with Gasteiger partial charge in [-0.2, -0.15) is 0 Å². The van der Waals surface area contributed by atoms with Gasteiger partial charge >= 0.3 is 0 Å². The van der Waals surface area contributed by atoms with E-state index in [0.29, 0.717) is 0 Å². The molecule has 2 aromatic heterocycles. The van der Waals surface area contributed by atoms with Gasteiger partial charge in [-0.15, -0.1) is 0 Å². The molecule has 0 aromatic carbocycles. The molecule has 2 aromatic rings. The molecule has 1 aliphatic heterocycles. The maximum atomic E-state index is 4.69. The highest BCUT2D eigenvalue weighted by Gasteiger charge is 2.21. The largest absolute Gasteiger partial charge is 0.367 e. The number of hydrogen-bond donors (Lipinski definition) is 0. The van der Waals surface area contributed by atoms with Crippen LogP contribution in [-0.2, 0) is 6.42 Å². The minimum absolute atomic E-state index is 0.951. The third kappa shape index (κ3) is 3.86. The predicted octanol–water partition coefficient (Wildman–Crippen LogP) is 2.25. The van der Waals surface area contributed by atoms with Gasteiger partial charge in [0.2, 0.25) is 0 Å². The highest BCUT2D eigenvalue weighted by molar-refractivity contribution is 6.51. The van der Waals surface area contributed by atoms with E-state index in [0.717, 1.165) is 57.1 Å². The summed E-state index contributed by atoms with van der Waals surface area (Å²) in [6.07, 6.45) is 5.00. The Hall–Kier alpha value is -2.30.